The van der Waals surface area contributed by atoms with E-state index in [1.165, 1.54) is 13.2 Å². The van der Waals surface area contributed by atoms with Gasteiger partial charge in [-0.2, -0.15) is 0 Å². The van der Waals surface area contributed by atoms with Crippen LogP contribution in [0.5, 0.6) is 5.75 Å². The average molecular weight is 302 g/mol. The second kappa shape index (κ2) is 5.63. The fourth-order valence-corrected chi connectivity index (χ4v) is 2.21. The highest BCUT2D eigenvalue weighted by Crippen LogP contribution is 2.25. The van der Waals surface area contributed by atoms with Crippen molar-refractivity contribution in [2.24, 2.45) is 0 Å². The van der Waals surface area contributed by atoms with Crippen molar-refractivity contribution in [1.82, 2.24) is 10.2 Å². The molecule has 22 heavy (non-hydrogen) atoms. The molecule has 116 valence electrons. The maximum atomic E-state index is 12.5. The fourth-order valence-electron chi connectivity index (χ4n) is 2.21. The number of barbiturate groups is 1. The van der Waals surface area contributed by atoms with Crippen LogP contribution in [0.25, 0.3) is 6.08 Å². The molecule has 1 saturated heterocycles. The van der Waals surface area contributed by atoms with Gasteiger partial charge in [0.1, 0.15) is 11.3 Å². The molecule has 0 atom stereocenters. The van der Waals surface area contributed by atoms with E-state index in [1.54, 1.807) is 45.0 Å². The Labute approximate surface area is 128 Å². The number of imide groups is 2. The van der Waals surface area contributed by atoms with Gasteiger partial charge in [0.2, 0.25) is 0 Å². The maximum Gasteiger partial charge on any atom is 0.331 e. The highest BCUT2D eigenvalue weighted by atomic mass is 16.5. The first kappa shape index (κ1) is 15.8. The molecule has 2 rings (SSSR count). The van der Waals surface area contributed by atoms with Crippen LogP contribution in [-0.2, 0) is 9.59 Å². The van der Waals surface area contributed by atoms with Gasteiger partial charge in [-0.3, -0.25) is 19.8 Å². The third-order valence-corrected chi connectivity index (χ3v) is 3.21. The van der Waals surface area contributed by atoms with Gasteiger partial charge in [-0.05, 0) is 32.9 Å². The summed E-state index contributed by atoms with van der Waals surface area (Å²) in [6, 6.07) is 6.30. The topological polar surface area (TPSA) is 75.7 Å². The van der Waals surface area contributed by atoms with E-state index in [0.717, 1.165) is 4.90 Å². The number of ether oxygens (including phenoxy) is 1. The molecular formula is C16H18N2O4. The Bertz CT molecular complexity index is 671. The van der Waals surface area contributed by atoms with Crippen LogP contribution in [0.4, 0.5) is 4.79 Å². The number of hydrogen-bond acceptors (Lipinski definition) is 4. The van der Waals surface area contributed by atoms with E-state index in [2.05, 4.69) is 5.32 Å². The molecule has 1 N–H and O–H groups in total. The number of nitrogens with one attached hydrogen (secondary N) is 1. The smallest absolute Gasteiger partial charge is 0.331 e. The molecule has 1 aliphatic heterocycles. The number of carbonyl (C=O) groups is 3. The van der Waals surface area contributed by atoms with Crippen LogP contribution in [0.3, 0.4) is 0 Å². The zero-order chi connectivity index (χ0) is 16.5. The summed E-state index contributed by atoms with van der Waals surface area (Å²) in [5.41, 5.74) is -0.243. The van der Waals surface area contributed by atoms with Gasteiger partial charge in [-0.15, -0.1) is 0 Å². The number of rotatable bonds is 2. The number of para-hydroxylation sites is 1. The second-order valence-electron chi connectivity index (χ2n) is 5.87. The van der Waals surface area contributed by atoms with Crippen LogP contribution in [0.1, 0.15) is 26.3 Å². The average Bonchev–Trinajstić information content (AvgIpc) is 2.42. The molecule has 6 nitrogen and oxygen atoms in total. The molecule has 0 unspecified atom stereocenters. The Morgan fingerprint density at radius 3 is 2.36 bits per heavy atom. The van der Waals surface area contributed by atoms with Gasteiger partial charge in [0, 0.05) is 11.1 Å². The lowest BCUT2D eigenvalue weighted by Crippen LogP contribution is -2.60. The summed E-state index contributed by atoms with van der Waals surface area (Å²) in [7, 11) is 1.51. The summed E-state index contributed by atoms with van der Waals surface area (Å²) in [6.07, 6.45) is 1.43. The predicted octanol–water partition coefficient (Wildman–Crippen LogP) is 1.96. The molecule has 0 aliphatic carbocycles. The van der Waals surface area contributed by atoms with E-state index in [1.807, 2.05) is 0 Å². The van der Waals surface area contributed by atoms with Crippen molar-refractivity contribution < 1.29 is 19.1 Å². The number of nitrogens with zero attached hydrogens (tertiary/aromatic N) is 1. The van der Waals surface area contributed by atoms with E-state index in [9.17, 15) is 14.4 Å². The number of hydrogen-bond donors (Lipinski definition) is 1. The van der Waals surface area contributed by atoms with Crippen molar-refractivity contribution in [3.63, 3.8) is 0 Å². The largest absolute Gasteiger partial charge is 0.496 e. The van der Waals surface area contributed by atoms with Crippen LogP contribution >= 0.6 is 0 Å². The summed E-state index contributed by atoms with van der Waals surface area (Å²) in [5, 5.41) is 2.19. The molecule has 0 aromatic heterocycles. The Morgan fingerprint density at radius 1 is 1.14 bits per heavy atom. The summed E-state index contributed by atoms with van der Waals surface area (Å²) in [6.45, 7) is 5.17. The van der Waals surface area contributed by atoms with E-state index >= 15 is 0 Å². The molecule has 4 amide bonds. The van der Waals surface area contributed by atoms with Gasteiger partial charge in [0.15, 0.2) is 0 Å². The minimum atomic E-state index is -0.734. The lowest BCUT2D eigenvalue weighted by Gasteiger charge is -2.36. The third-order valence-electron chi connectivity index (χ3n) is 3.21. The van der Waals surface area contributed by atoms with Crippen LogP contribution in [-0.4, -0.2) is 35.4 Å². The summed E-state index contributed by atoms with van der Waals surface area (Å²) in [5.74, 6) is -0.789. The van der Waals surface area contributed by atoms with Crippen molar-refractivity contribution in [1.29, 1.82) is 0 Å². The first-order valence-corrected chi connectivity index (χ1v) is 6.80. The minimum Gasteiger partial charge on any atom is -0.496 e. The molecule has 1 aromatic rings. The quantitative estimate of drug-likeness (QED) is 0.669. The van der Waals surface area contributed by atoms with Gasteiger partial charge >= 0.3 is 6.03 Å². The molecule has 0 bridgehead atoms. The normalized spacial score (nSPS) is 17.7. The summed E-state index contributed by atoms with van der Waals surface area (Å²) >= 11 is 0. The monoisotopic (exact) mass is 302 g/mol. The summed E-state index contributed by atoms with van der Waals surface area (Å²) < 4.78 is 5.20. The molecule has 1 aliphatic rings. The summed E-state index contributed by atoms with van der Waals surface area (Å²) in [4.78, 5) is 37.5. The standard InChI is InChI=1S/C16H18N2O4/c1-16(2,3)18-14(20)11(13(19)17-15(18)21)9-10-7-5-6-8-12(10)22-4/h5-9H,1-4H3,(H,17,19,21). The lowest BCUT2D eigenvalue weighted by atomic mass is 10.0. The minimum absolute atomic E-state index is 0.0981. The van der Waals surface area contributed by atoms with E-state index in [0.29, 0.717) is 11.3 Å². The fraction of sp³-hybridized carbons (Fsp3) is 0.312. The SMILES string of the molecule is COc1ccccc1C=C1C(=O)NC(=O)N(C(C)(C)C)C1=O. The van der Waals surface area contributed by atoms with Gasteiger partial charge in [-0.1, -0.05) is 18.2 Å². The number of methoxy groups -OCH3 is 1. The van der Waals surface area contributed by atoms with Crippen LogP contribution in [0.2, 0.25) is 0 Å². The lowest BCUT2D eigenvalue weighted by molar-refractivity contribution is -0.133. The molecule has 0 saturated carbocycles. The van der Waals surface area contributed by atoms with Crippen LogP contribution in [0, 0.1) is 0 Å². The molecule has 0 spiro atoms. The zero-order valence-corrected chi connectivity index (χ0v) is 13.0. The Morgan fingerprint density at radius 2 is 1.77 bits per heavy atom. The van der Waals surface area contributed by atoms with E-state index in [-0.39, 0.29) is 5.57 Å². The van der Waals surface area contributed by atoms with Crippen LogP contribution < -0.4 is 10.1 Å². The molecule has 6 heteroatoms. The molecular weight excluding hydrogens is 284 g/mol. The van der Waals surface area contributed by atoms with E-state index in [4.69, 9.17) is 4.74 Å². The maximum absolute atomic E-state index is 12.5. The first-order chi connectivity index (χ1) is 10.3. The van der Waals surface area contributed by atoms with Crippen molar-refractivity contribution in [3.05, 3.63) is 35.4 Å². The van der Waals surface area contributed by atoms with Gasteiger partial charge in [-0.25, -0.2) is 4.79 Å². The van der Waals surface area contributed by atoms with Crippen LogP contribution in [0.15, 0.2) is 29.8 Å². The van der Waals surface area contributed by atoms with Gasteiger partial charge in [0.25, 0.3) is 11.8 Å². The van der Waals surface area contributed by atoms with Gasteiger partial charge in [0.05, 0.1) is 7.11 Å². The Balaban J connectivity index is 2.49. The Hall–Kier alpha value is -2.63. The highest BCUT2D eigenvalue weighted by Gasteiger charge is 2.41. The Kier molecular flexibility index (Phi) is 4.03. The first-order valence-electron chi connectivity index (χ1n) is 6.80. The number of urea groups is 1. The molecule has 1 aromatic carbocycles. The number of carbonyl (C=O) groups excluding carboxylic acids is 3. The molecule has 1 heterocycles. The third kappa shape index (κ3) is 2.86. The zero-order valence-electron chi connectivity index (χ0n) is 13.0. The van der Waals surface area contributed by atoms with E-state index < -0.39 is 23.4 Å². The highest BCUT2D eigenvalue weighted by molar-refractivity contribution is 6.31. The molecule has 1 fully saturated rings. The second-order valence-corrected chi connectivity index (χ2v) is 5.87. The number of amides is 4. The van der Waals surface area contributed by atoms with Gasteiger partial charge < -0.3 is 4.74 Å². The van der Waals surface area contributed by atoms with Crippen molar-refractivity contribution in [3.8, 4) is 5.75 Å². The van der Waals surface area contributed by atoms with Crippen molar-refractivity contribution in [2.75, 3.05) is 7.11 Å². The predicted molar refractivity (Wildman–Crippen MR) is 81.1 cm³/mol. The van der Waals surface area contributed by atoms with Crippen molar-refractivity contribution >= 4 is 23.9 Å². The van der Waals surface area contributed by atoms with Crippen molar-refractivity contribution in [2.45, 2.75) is 26.3 Å². The molecule has 0 radical (unpaired) electrons. The number of benzene rings is 1.